The number of nitrogens with zero attached hydrogens (tertiary/aromatic N) is 4. The Balaban J connectivity index is 1.54. The molecule has 3 atom stereocenters. The first kappa shape index (κ1) is 17.9. The lowest BCUT2D eigenvalue weighted by Crippen LogP contribution is -2.48. The van der Waals surface area contributed by atoms with Crippen molar-refractivity contribution < 1.29 is 9.53 Å². The number of aromatic nitrogens is 2. The Morgan fingerprint density at radius 3 is 2.59 bits per heavy atom. The van der Waals surface area contributed by atoms with Crippen molar-refractivity contribution in [3.05, 3.63) is 53.6 Å². The zero-order chi connectivity index (χ0) is 19.0. The minimum absolute atomic E-state index is 0.0102. The summed E-state index contributed by atoms with van der Waals surface area (Å²) in [7, 11) is 3.89. The van der Waals surface area contributed by atoms with Crippen molar-refractivity contribution in [3.63, 3.8) is 0 Å². The fourth-order valence-electron chi connectivity index (χ4n) is 4.55. The molecule has 0 unspecified atom stereocenters. The molecule has 0 radical (unpaired) electrons. The minimum Gasteiger partial charge on any atom is -0.497 e. The van der Waals surface area contributed by atoms with Crippen molar-refractivity contribution in [1.29, 1.82) is 0 Å². The average molecular weight is 366 g/mol. The van der Waals surface area contributed by atoms with Crippen LogP contribution in [0.1, 0.15) is 34.1 Å². The molecule has 1 amide bonds. The van der Waals surface area contributed by atoms with Crippen LogP contribution >= 0.6 is 0 Å². The number of aryl methyl sites for hydroxylation is 1. The van der Waals surface area contributed by atoms with E-state index in [2.05, 4.69) is 34.0 Å². The second-order valence-corrected chi connectivity index (χ2v) is 7.63. The van der Waals surface area contributed by atoms with Gasteiger partial charge in [-0.05, 0) is 38.1 Å². The van der Waals surface area contributed by atoms with E-state index in [1.807, 2.05) is 24.0 Å². The fourth-order valence-corrected chi connectivity index (χ4v) is 4.55. The van der Waals surface area contributed by atoms with E-state index in [0.717, 1.165) is 37.5 Å². The van der Waals surface area contributed by atoms with Crippen LogP contribution in [0, 0.1) is 12.8 Å². The van der Waals surface area contributed by atoms with Gasteiger partial charge in [-0.3, -0.25) is 9.78 Å². The zero-order valence-electron chi connectivity index (χ0n) is 16.1. The fraction of sp³-hybridized carbons (Fsp3) is 0.476. The molecule has 3 heterocycles. The molecule has 2 saturated heterocycles. The summed E-state index contributed by atoms with van der Waals surface area (Å²) in [6, 6.07) is 8.88. The molecule has 0 N–H and O–H groups in total. The highest BCUT2D eigenvalue weighted by Crippen LogP contribution is 2.41. The summed E-state index contributed by atoms with van der Waals surface area (Å²) in [5, 5.41) is 0. The van der Waals surface area contributed by atoms with Gasteiger partial charge in [-0.25, -0.2) is 4.98 Å². The maximum absolute atomic E-state index is 12.9. The van der Waals surface area contributed by atoms with Crippen LogP contribution in [0.15, 0.2) is 36.7 Å². The number of hydrogen-bond acceptors (Lipinski definition) is 5. The molecule has 6 nitrogen and oxygen atoms in total. The lowest BCUT2D eigenvalue weighted by atomic mass is 9.81. The maximum atomic E-state index is 12.9. The highest BCUT2D eigenvalue weighted by molar-refractivity contribution is 5.92. The number of carbonyl (C=O) groups excluding carboxylic acids is 1. The van der Waals surface area contributed by atoms with Crippen LogP contribution in [0.3, 0.4) is 0 Å². The molecule has 1 aromatic heterocycles. The van der Waals surface area contributed by atoms with Crippen LogP contribution < -0.4 is 4.74 Å². The summed E-state index contributed by atoms with van der Waals surface area (Å²) in [6.07, 6.45) is 4.24. The monoisotopic (exact) mass is 366 g/mol. The molecule has 0 aliphatic carbocycles. The summed E-state index contributed by atoms with van der Waals surface area (Å²) in [6.45, 7) is 4.43. The Hall–Kier alpha value is -2.47. The molecule has 0 saturated carbocycles. The third-order valence-electron chi connectivity index (χ3n) is 6.02. The van der Waals surface area contributed by atoms with E-state index >= 15 is 0 Å². The number of likely N-dealkylation sites (tertiary alicyclic amines) is 2. The topological polar surface area (TPSA) is 58.6 Å². The number of fused-ring (bicyclic) bond motifs is 1. The van der Waals surface area contributed by atoms with E-state index in [1.165, 1.54) is 5.56 Å². The molecule has 6 heteroatoms. The van der Waals surface area contributed by atoms with Crippen molar-refractivity contribution in [2.24, 2.45) is 5.92 Å². The van der Waals surface area contributed by atoms with E-state index in [9.17, 15) is 4.79 Å². The molecule has 27 heavy (non-hydrogen) atoms. The van der Waals surface area contributed by atoms with Crippen LogP contribution in [-0.2, 0) is 0 Å². The number of likely N-dealkylation sites (N-methyl/N-ethyl adjacent to an activating group) is 1. The van der Waals surface area contributed by atoms with Gasteiger partial charge in [0, 0.05) is 43.7 Å². The summed E-state index contributed by atoms with van der Waals surface area (Å²) in [5.41, 5.74) is 2.58. The third kappa shape index (κ3) is 3.41. The standard InChI is InChI=1S/C21H26N4O2/c1-14-10-23-19(11-22-14)21(26)25-9-8-20-18(13-25)17(12-24(20)2)15-4-6-16(27-3)7-5-15/h4-7,10-11,17-18,20H,8-9,12-13H2,1-3H3/t17-,18-,20-/m1/s1. The first-order chi connectivity index (χ1) is 13.1. The van der Waals surface area contributed by atoms with Gasteiger partial charge in [0.2, 0.25) is 0 Å². The maximum Gasteiger partial charge on any atom is 0.274 e. The SMILES string of the molecule is COc1ccc([C@H]2CN(C)[C@@H]3CCN(C(=O)c4cnc(C)cn4)C[C@H]23)cc1. The van der Waals surface area contributed by atoms with Gasteiger partial charge in [0.05, 0.1) is 19.0 Å². The normalized spacial score (nSPS) is 25.3. The highest BCUT2D eigenvalue weighted by atomic mass is 16.5. The number of hydrogen-bond donors (Lipinski definition) is 0. The first-order valence-corrected chi connectivity index (χ1v) is 9.49. The Morgan fingerprint density at radius 2 is 1.93 bits per heavy atom. The average Bonchev–Trinajstić information content (AvgIpc) is 3.04. The Bertz CT molecular complexity index is 806. The third-order valence-corrected chi connectivity index (χ3v) is 6.02. The van der Waals surface area contributed by atoms with Gasteiger partial charge < -0.3 is 14.5 Å². The molecule has 2 aromatic rings. The molecule has 1 aromatic carbocycles. The second-order valence-electron chi connectivity index (χ2n) is 7.63. The van der Waals surface area contributed by atoms with Crippen LogP contribution in [-0.4, -0.2) is 65.5 Å². The minimum atomic E-state index is -0.0102. The Morgan fingerprint density at radius 1 is 1.15 bits per heavy atom. The van der Waals surface area contributed by atoms with E-state index in [0.29, 0.717) is 23.6 Å². The first-order valence-electron chi connectivity index (χ1n) is 9.49. The summed E-state index contributed by atoms with van der Waals surface area (Å²) in [4.78, 5) is 25.8. The molecule has 142 valence electrons. The van der Waals surface area contributed by atoms with Crippen LogP contribution in [0.2, 0.25) is 0 Å². The molecular formula is C21H26N4O2. The van der Waals surface area contributed by atoms with Crippen molar-refractivity contribution >= 4 is 5.91 Å². The van der Waals surface area contributed by atoms with Crippen molar-refractivity contribution in [3.8, 4) is 5.75 Å². The second kappa shape index (κ2) is 7.27. The Kier molecular flexibility index (Phi) is 4.83. The van der Waals surface area contributed by atoms with E-state index in [4.69, 9.17) is 4.74 Å². The van der Waals surface area contributed by atoms with Crippen LogP contribution in [0.5, 0.6) is 5.75 Å². The predicted molar refractivity (Wildman–Crippen MR) is 103 cm³/mol. The van der Waals surface area contributed by atoms with Gasteiger partial charge in [0.15, 0.2) is 0 Å². The van der Waals surface area contributed by atoms with Crippen molar-refractivity contribution in [2.75, 3.05) is 33.8 Å². The van der Waals surface area contributed by atoms with Crippen molar-refractivity contribution in [1.82, 2.24) is 19.8 Å². The van der Waals surface area contributed by atoms with E-state index in [-0.39, 0.29) is 5.91 Å². The van der Waals surface area contributed by atoms with Gasteiger partial charge in [-0.15, -0.1) is 0 Å². The zero-order valence-corrected chi connectivity index (χ0v) is 16.1. The number of ether oxygens (including phenoxy) is 1. The summed E-state index contributed by atoms with van der Waals surface area (Å²) >= 11 is 0. The van der Waals surface area contributed by atoms with Gasteiger partial charge in [-0.1, -0.05) is 12.1 Å². The number of rotatable bonds is 3. The van der Waals surface area contributed by atoms with Gasteiger partial charge in [-0.2, -0.15) is 0 Å². The number of benzene rings is 1. The number of piperidine rings is 1. The molecule has 4 rings (SSSR count). The molecule has 2 aliphatic heterocycles. The van der Waals surface area contributed by atoms with Gasteiger partial charge in [0.1, 0.15) is 11.4 Å². The van der Waals surface area contributed by atoms with Gasteiger partial charge >= 0.3 is 0 Å². The molecule has 0 spiro atoms. The molecule has 2 aliphatic rings. The van der Waals surface area contributed by atoms with Gasteiger partial charge in [0.25, 0.3) is 5.91 Å². The summed E-state index contributed by atoms with van der Waals surface area (Å²) in [5.74, 6) is 1.72. The molecule has 0 bridgehead atoms. The number of methoxy groups -OCH3 is 1. The van der Waals surface area contributed by atoms with Crippen LogP contribution in [0.4, 0.5) is 0 Å². The predicted octanol–water partition coefficient (Wildman–Crippen LogP) is 2.35. The quantitative estimate of drug-likeness (QED) is 0.835. The Labute approximate surface area is 160 Å². The molecular weight excluding hydrogens is 340 g/mol. The molecule has 2 fully saturated rings. The number of carbonyl (C=O) groups is 1. The highest BCUT2D eigenvalue weighted by Gasteiger charge is 2.44. The lowest BCUT2D eigenvalue weighted by molar-refractivity contribution is 0.0601. The summed E-state index contributed by atoms with van der Waals surface area (Å²) < 4.78 is 5.29. The number of amides is 1. The van der Waals surface area contributed by atoms with E-state index in [1.54, 1.807) is 19.5 Å². The van der Waals surface area contributed by atoms with E-state index < -0.39 is 0 Å². The largest absolute Gasteiger partial charge is 0.497 e. The van der Waals surface area contributed by atoms with Crippen molar-refractivity contribution in [2.45, 2.75) is 25.3 Å². The lowest BCUT2D eigenvalue weighted by Gasteiger charge is -2.38. The smallest absolute Gasteiger partial charge is 0.274 e. The van der Waals surface area contributed by atoms with Crippen LogP contribution in [0.25, 0.3) is 0 Å².